The average molecular weight is 283 g/mol. The molecule has 0 spiro atoms. The first-order valence-corrected chi connectivity index (χ1v) is 6.76. The molecule has 1 rings (SSSR count). The van der Waals surface area contributed by atoms with Gasteiger partial charge in [-0.3, -0.25) is 0 Å². The van der Waals surface area contributed by atoms with Crippen molar-refractivity contribution in [2.24, 2.45) is 0 Å². The van der Waals surface area contributed by atoms with Gasteiger partial charge in [0.05, 0.1) is 19.1 Å². The Hall–Kier alpha value is -1.81. The number of carbonyl (C=O) groups is 2. The molecule has 1 atom stereocenters. The van der Waals surface area contributed by atoms with Crippen LogP contribution in [0.1, 0.15) is 25.7 Å². The van der Waals surface area contributed by atoms with Gasteiger partial charge < -0.3 is 19.6 Å². The largest absolute Gasteiger partial charge is 0.480 e. The SMILES string of the molecule is COCCN(CCC#N)C(=O)N1CCCCC1C(=O)O. The van der Waals surface area contributed by atoms with Crippen molar-refractivity contribution in [3.63, 3.8) is 0 Å². The summed E-state index contributed by atoms with van der Waals surface area (Å²) in [5, 5.41) is 17.8. The molecular formula is C13H21N3O4. The Morgan fingerprint density at radius 3 is 2.80 bits per heavy atom. The molecule has 0 saturated carbocycles. The number of urea groups is 1. The van der Waals surface area contributed by atoms with E-state index in [1.165, 1.54) is 16.9 Å². The maximum Gasteiger partial charge on any atom is 0.326 e. The number of nitrogens with zero attached hydrogens (tertiary/aromatic N) is 3. The van der Waals surface area contributed by atoms with E-state index in [1.807, 2.05) is 6.07 Å². The first-order valence-electron chi connectivity index (χ1n) is 6.76. The van der Waals surface area contributed by atoms with Crippen LogP contribution < -0.4 is 0 Å². The normalized spacial score (nSPS) is 18.4. The highest BCUT2D eigenvalue weighted by Gasteiger charge is 2.34. The van der Waals surface area contributed by atoms with Crippen molar-refractivity contribution in [2.75, 3.05) is 33.4 Å². The van der Waals surface area contributed by atoms with Crippen LogP contribution in [0.3, 0.4) is 0 Å². The van der Waals surface area contributed by atoms with Crippen LogP contribution in [0, 0.1) is 11.3 Å². The summed E-state index contributed by atoms with van der Waals surface area (Å²) in [5.41, 5.74) is 0. The maximum atomic E-state index is 12.4. The molecule has 1 aliphatic heterocycles. The number of likely N-dealkylation sites (tertiary alicyclic amines) is 1. The van der Waals surface area contributed by atoms with Crippen LogP contribution in [0.2, 0.25) is 0 Å². The number of ether oxygens (including phenoxy) is 1. The van der Waals surface area contributed by atoms with Crippen molar-refractivity contribution in [3.05, 3.63) is 0 Å². The summed E-state index contributed by atoms with van der Waals surface area (Å²) in [6, 6.07) is 0.921. The zero-order valence-corrected chi connectivity index (χ0v) is 11.7. The number of nitriles is 1. The molecule has 20 heavy (non-hydrogen) atoms. The highest BCUT2D eigenvalue weighted by Crippen LogP contribution is 2.19. The predicted molar refractivity (Wildman–Crippen MR) is 71.1 cm³/mol. The zero-order chi connectivity index (χ0) is 15.0. The molecule has 2 amide bonds. The van der Waals surface area contributed by atoms with Gasteiger partial charge in [0.2, 0.25) is 0 Å². The molecule has 0 aromatic rings. The summed E-state index contributed by atoms with van der Waals surface area (Å²) in [4.78, 5) is 26.6. The molecule has 112 valence electrons. The minimum absolute atomic E-state index is 0.223. The van der Waals surface area contributed by atoms with Gasteiger partial charge in [-0.15, -0.1) is 0 Å². The maximum absolute atomic E-state index is 12.4. The molecule has 0 bridgehead atoms. The van der Waals surface area contributed by atoms with Gasteiger partial charge in [0.1, 0.15) is 6.04 Å². The molecule has 0 aromatic heterocycles. The Kier molecular flexibility index (Phi) is 6.81. The lowest BCUT2D eigenvalue weighted by Gasteiger charge is -2.36. The van der Waals surface area contributed by atoms with E-state index in [0.717, 1.165) is 12.8 Å². The second-order valence-electron chi connectivity index (χ2n) is 4.71. The van der Waals surface area contributed by atoms with Crippen molar-refractivity contribution in [3.8, 4) is 6.07 Å². The molecule has 1 N–H and O–H groups in total. The Bertz CT molecular complexity index is 380. The van der Waals surface area contributed by atoms with Crippen LogP contribution in [0.25, 0.3) is 0 Å². The number of hydrogen-bond acceptors (Lipinski definition) is 4. The van der Waals surface area contributed by atoms with E-state index in [0.29, 0.717) is 32.7 Å². The summed E-state index contributed by atoms with van der Waals surface area (Å²) in [7, 11) is 1.54. The smallest absolute Gasteiger partial charge is 0.326 e. The van der Waals surface area contributed by atoms with Gasteiger partial charge in [0.15, 0.2) is 0 Å². The minimum Gasteiger partial charge on any atom is -0.480 e. The fourth-order valence-corrected chi connectivity index (χ4v) is 2.29. The minimum atomic E-state index is -0.968. The van der Waals surface area contributed by atoms with Gasteiger partial charge >= 0.3 is 12.0 Å². The number of piperidine rings is 1. The monoisotopic (exact) mass is 283 g/mol. The number of hydrogen-bond donors (Lipinski definition) is 1. The summed E-state index contributed by atoms with van der Waals surface area (Å²) >= 11 is 0. The van der Waals surface area contributed by atoms with Crippen LogP contribution in [-0.2, 0) is 9.53 Å². The number of carbonyl (C=O) groups excluding carboxylic acids is 1. The van der Waals surface area contributed by atoms with E-state index in [-0.39, 0.29) is 12.5 Å². The zero-order valence-electron chi connectivity index (χ0n) is 11.7. The van der Waals surface area contributed by atoms with Gasteiger partial charge in [-0.05, 0) is 19.3 Å². The lowest BCUT2D eigenvalue weighted by Crippen LogP contribution is -2.53. The Labute approximate surface area is 118 Å². The van der Waals surface area contributed by atoms with Crippen LogP contribution >= 0.6 is 0 Å². The molecular weight excluding hydrogens is 262 g/mol. The molecule has 7 heteroatoms. The van der Waals surface area contributed by atoms with Gasteiger partial charge in [-0.1, -0.05) is 0 Å². The highest BCUT2D eigenvalue weighted by molar-refractivity contribution is 5.83. The number of methoxy groups -OCH3 is 1. The molecule has 0 radical (unpaired) electrons. The number of rotatable bonds is 6. The van der Waals surface area contributed by atoms with E-state index in [9.17, 15) is 14.7 Å². The van der Waals surface area contributed by atoms with E-state index in [2.05, 4.69) is 0 Å². The van der Waals surface area contributed by atoms with Crippen molar-refractivity contribution >= 4 is 12.0 Å². The van der Waals surface area contributed by atoms with E-state index in [1.54, 1.807) is 0 Å². The Morgan fingerprint density at radius 2 is 2.20 bits per heavy atom. The lowest BCUT2D eigenvalue weighted by molar-refractivity contribution is -0.143. The number of carboxylic acid groups (broad SMARTS) is 1. The Balaban J connectivity index is 2.74. The number of carboxylic acids is 1. The topological polar surface area (TPSA) is 93.9 Å². The molecule has 1 heterocycles. The molecule has 0 aromatic carbocycles. The summed E-state index contributed by atoms with van der Waals surface area (Å²) in [6.45, 7) is 1.47. The van der Waals surface area contributed by atoms with Crippen molar-refractivity contribution in [1.82, 2.24) is 9.80 Å². The van der Waals surface area contributed by atoms with Crippen molar-refractivity contribution in [2.45, 2.75) is 31.7 Å². The summed E-state index contributed by atoms with van der Waals surface area (Å²) in [6.07, 6.45) is 2.33. The third-order valence-electron chi connectivity index (χ3n) is 3.36. The van der Waals surface area contributed by atoms with Crippen LogP contribution in [0.15, 0.2) is 0 Å². The predicted octanol–water partition coefficient (Wildman–Crippen LogP) is 0.908. The highest BCUT2D eigenvalue weighted by atomic mass is 16.5. The fraction of sp³-hybridized carbons (Fsp3) is 0.769. The fourth-order valence-electron chi connectivity index (χ4n) is 2.29. The van der Waals surface area contributed by atoms with Gasteiger partial charge in [-0.2, -0.15) is 5.26 Å². The average Bonchev–Trinajstić information content (AvgIpc) is 2.46. The summed E-state index contributed by atoms with van der Waals surface area (Å²) < 4.78 is 4.95. The van der Waals surface area contributed by atoms with Crippen LogP contribution in [0.4, 0.5) is 4.79 Å². The van der Waals surface area contributed by atoms with E-state index < -0.39 is 12.0 Å². The molecule has 1 unspecified atom stereocenters. The van der Waals surface area contributed by atoms with E-state index >= 15 is 0 Å². The first kappa shape index (κ1) is 16.2. The number of amides is 2. The van der Waals surface area contributed by atoms with Gasteiger partial charge in [0, 0.05) is 26.7 Å². The van der Waals surface area contributed by atoms with Crippen molar-refractivity contribution < 1.29 is 19.4 Å². The summed E-state index contributed by atoms with van der Waals surface area (Å²) in [5.74, 6) is -0.968. The van der Waals surface area contributed by atoms with Crippen LogP contribution in [-0.4, -0.2) is 66.3 Å². The van der Waals surface area contributed by atoms with Gasteiger partial charge in [-0.25, -0.2) is 9.59 Å². The second-order valence-corrected chi connectivity index (χ2v) is 4.71. The molecule has 0 aliphatic carbocycles. The first-order chi connectivity index (χ1) is 9.61. The van der Waals surface area contributed by atoms with E-state index in [4.69, 9.17) is 10.00 Å². The third kappa shape index (κ3) is 4.38. The molecule has 1 aliphatic rings. The standard InChI is InChI=1S/C13H21N3O4/c1-20-10-9-15(7-4-6-14)13(19)16-8-3-2-5-11(16)12(17)18/h11H,2-5,7-10H2,1H3,(H,17,18). The lowest BCUT2D eigenvalue weighted by atomic mass is 10.0. The molecule has 1 saturated heterocycles. The molecule has 7 nitrogen and oxygen atoms in total. The van der Waals surface area contributed by atoms with Crippen molar-refractivity contribution in [1.29, 1.82) is 5.26 Å². The van der Waals surface area contributed by atoms with Gasteiger partial charge in [0.25, 0.3) is 0 Å². The quantitative estimate of drug-likeness (QED) is 0.782. The van der Waals surface area contributed by atoms with Crippen LogP contribution in [0.5, 0.6) is 0 Å². The third-order valence-corrected chi connectivity index (χ3v) is 3.36. The second kappa shape index (κ2) is 8.38. The molecule has 1 fully saturated rings. The number of aliphatic carboxylic acids is 1. The Morgan fingerprint density at radius 1 is 1.45 bits per heavy atom.